The standard InChI is InChI=1S/C9H14N2O2/c1-4-8(12)13-9-10(3)6-7-11(9)5-2/h4,6-7,9H,1,5H2,2-3H3. The molecular weight excluding hydrogens is 168 g/mol. The van der Waals surface area contributed by atoms with Gasteiger partial charge in [0.15, 0.2) is 0 Å². The van der Waals surface area contributed by atoms with Crippen LogP contribution >= 0.6 is 0 Å². The summed E-state index contributed by atoms with van der Waals surface area (Å²) in [7, 11) is 1.85. The molecule has 1 unspecified atom stereocenters. The molecule has 0 bridgehead atoms. The summed E-state index contributed by atoms with van der Waals surface area (Å²) in [6.07, 6.45) is 4.60. The topological polar surface area (TPSA) is 32.8 Å². The van der Waals surface area contributed by atoms with Crippen molar-refractivity contribution in [2.75, 3.05) is 13.6 Å². The fourth-order valence-corrected chi connectivity index (χ4v) is 1.14. The second-order valence-corrected chi connectivity index (χ2v) is 2.76. The largest absolute Gasteiger partial charge is 0.419 e. The van der Waals surface area contributed by atoms with Gasteiger partial charge in [-0.15, -0.1) is 0 Å². The highest BCUT2D eigenvalue weighted by molar-refractivity contribution is 5.81. The van der Waals surface area contributed by atoms with E-state index < -0.39 is 5.97 Å². The number of hydrogen-bond acceptors (Lipinski definition) is 4. The summed E-state index contributed by atoms with van der Waals surface area (Å²) >= 11 is 0. The van der Waals surface area contributed by atoms with E-state index in [0.29, 0.717) is 0 Å². The normalized spacial score (nSPS) is 20.6. The van der Waals surface area contributed by atoms with Crippen LogP contribution in [0.4, 0.5) is 0 Å². The molecule has 0 spiro atoms. The summed E-state index contributed by atoms with van der Waals surface area (Å²) in [6.45, 7) is 6.15. The van der Waals surface area contributed by atoms with Gasteiger partial charge in [0, 0.05) is 32.1 Å². The van der Waals surface area contributed by atoms with Crippen molar-refractivity contribution in [1.82, 2.24) is 9.80 Å². The smallest absolute Gasteiger partial charge is 0.333 e. The van der Waals surface area contributed by atoms with E-state index in [9.17, 15) is 4.79 Å². The Kier molecular flexibility index (Phi) is 2.95. The Morgan fingerprint density at radius 2 is 2.38 bits per heavy atom. The van der Waals surface area contributed by atoms with Gasteiger partial charge in [0.25, 0.3) is 6.35 Å². The molecule has 0 fully saturated rings. The van der Waals surface area contributed by atoms with Crippen molar-refractivity contribution in [1.29, 1.82) is 0 Å². The molecule has 0 aromatic heterocycles. The minimum absolute atomic E-state index is 0.324. The van der Waals surface area contributed by atoms with E-state index in [0.717, 1.165) is 6.54 Å². The van der Waals surface area contributed by atoms with E-state index in [1.165, 1.54) is 6.08 Å². The van der Waals surface area contributed by atoms with Gasteiger partial charge < -0.3 is 14.5 Å². The average molecular weight is 182 g/mol. The molecule has 0 saturated heterocycles. The molecule has 0 saturated carbocycles. The number of rotatable bonds is 3. The highest BCUT2D eigenvalue weighted by Crippen LogP contribution is 2.14. The summed E-state index contributed by atoms with van der Waals surface area (Å²) in [5, 5.41) is 0. The van der Waals surface area contributed by atoms with Gasteiger partial charge in [-0.3, -0.25) is 0 Å². The van der Waals surface area contributed by atoms with Crippen LogP contribution in [0, 0.1) is 0 Å². The second kappa shape index (κ2) is 3.98. The summed E-state index contributed by atoms with van der Waals surface area (Å²) < 4.78 is 5.11. The van der Waals surface area contributed by atoms with E-state index in [1.54, 1.807) is 0 Å². The fourth-order valence-electron chi connectivity index (χ4n) is 1.14. The lowest BCUT2D eigenvalue weighted by atomic mass is 10.6. The first-order chi connectivity index (χ1) is 6.19. The average Bonchev–Trinajstić information content (AvgIpc) is 2.48. The van der Waals surface area contributed by atoms with Crippen LogP contribution in [0.25, 0.3) is 0 Å². The van der Waals surface area contributed by atoms with Crippen LogP contribution in [0.1, 0.15) is 6.92 Å². The quantitative estimate of drug-likeness (QED) is 0.476. The molecule has 4 heteroatoms. The maximum absolute atomic E-state index is 11.0. The van der Waals surface area contributed by atoms with Gasteiger partial charge in [0.1, 0.15) is 0 Å². The molecule has 1 aliphatic heterocycles. The second-order valence-electron chi connectivity index (χ2n) is 2.76. The zero-order valence-corrected chi connectivity index (χ0v) is 7.93. The van der Waals surface area contributed by atoms with Gasteiger partial charge in [-0.05, 0) is 6.92 Å². The number of ether oxygens (including phenoxy) is 1. The van der Waals surface area contributed by atoms with Crippen LogP contribution in [0.15, 0.2) is 25.1 Å². The predicted octanol–water partition coefficient (Wildman–Crippen LogP) is 0.738. The van der Waals surface area contributed by atoms with Crippen LogP contribution in [-0.4, -0.2) is 35.7 Å². The third-order valence-electron chi connectivity index (χ3n) is 1.88. The molecule has 1 atom stereocenters. The van der Waals surface area contributed by atoms with Crippen molar-refractivity contribution in [3.8, 4) is 0 Å². The Labute approximate surface area is 78.1 Å². The molecule has 0 radical (unpaired) electrons. The lowest BCUT2D eigenvalue weighted by Gasteiger charge is -2.28. The molecule has 1 heterocycles. The van der Waals surface area contributed by atoms with Crippen molar-refractivity contribution in [2.24, 2.45) is 0 Å². The van der Waals surface area contributed by atoms with Crippen LogP contribution in [-0.2, 0) is 9.53 Å². The van der Waals surface area contributed by atoms with Gasteiger partial charge in [0.05, 0.1) is 0 Å². The third-order valence-corrected chi connectivity index (χ3v) is 1.88. The zero-order valence-electron chi connectivity index (χ0n) is 7.93. The van der Waals surface area contributed by atoms with Gasteiger partial charge in [0.2, 0.25) is 0 Å². The zero-order chi connectivity index (χ0) is 9.84. The molecular formula is C9H14N2O2. The van der Waals surface area contributed by atoms with Gasteiger partial charge in [-0.25, -0.2) is 4.79 Å². The summed E-state index contributed by atoms with van der Waals surface area (Å²) in [5.41, 5.74) is 0. The lowest BCUT2D eigenvalue weighted by Crippen LogP contribution is -2.40. The maximum Gasteiger partial charge on any atom is 0.333 e. The van der Waals surface area contributed by atoms with E-state index >= 15 is 0 Å². The molecule has 4 nitrogen and oxygen atoms in total. The van der Waals surface area contributed by atoms with Crippen molar-refractivity contribution in [3.63, 3.8) is 0 Å². The molecule has 1 aliphatic rings. The molecule has 72 valence electrons. The molecule has 0 aromatic rings. The molecule has 0 N–H and O–H groups in total. The van der Waals surface area contributed by atoms with Crippen molar-refractivity contribution in [2.45, 2.75) is 13.3 Å². The number of nitrogens with zero attached hydrogens (tertiary/aromatic N) is 2. The molecule has 0 aliphatic carbocycles. The highest BCUT2D eigenvalue weighted by Gasteiger charge is 2.24. The molecule has 0 amide bonds. The Morgan fingerprint density at radius 1 is 1.69 bits per heavy atom. The number of hydrogen-bond donors (Lipinski definition) is 0. The SMILES string of the molecule is C=CC(=O)OC1N(C)C=CN1CC. The van der Waals surface area contributed by atoms with Crippen molar-refractivity contribution >= 4 is 5.97 Å². The Morgan fingerprint density at radius 3 is 2.92 bits per heavy atom. The summed E-state index contributed by atoms with van der Waals surface area (Å²) in [4.78, 5) is 14.7. The maximum atomic E-state index is 11.0. The Hall–Kier alpha value is -1.45. The fraction of sp³-hybridized carbons (Fsp3) is 0.444. The predicted molar refractivity (Wildman–Crippen MR) is 49.4 cm³/mol. The van der Waals surface area contributed by atoms with Gasteiger partial charge in [-0.2, -0.15) is 0 Å². The monoisotopic (exact) mass is 182 g/mol. The Bertz CT molecular complexity index is 238. The van der Waals surface area contributed by atoms with Crippen LogP contribution < -0.4 is 0 Å². The van der Waals surface area contributed by atoms with Crippen molar-refractivity contribution in [3.05, 3.63) is 25.1 Å². The highest BCUT2D eigenvalue weighted by atomic mass is 16.6. The third kappa shape index (κ3) is 2.02. The summed E-state index contributed by atoms with van der Waals surface area (Å²) in [6, 6.07) is 0. The van der Waals surface area contributed by atoms with E-state index in [1.807, 2.05) is 36.2 Å². The van der Waals surface area contributed by atoms with E-state index in [4.69, 9.17) is 4.74 Å². The summed E-state index contributed by atoms with van der Waals surface area (Å²) in [5.74, 6) is -0.404. The van der Waals surface area contributed by atoms with Gasteiger partial charge >= 0.3 is 5.97 Å². The van der Waals surface area contributed by atoms with Crippen molar-refractivity contribution < 1.29 is 9.53 Å². The number of carbonyl (C=O) groups excluding carboxylic acids is 1. The number of carbonyl (C=O) groups is 1. The lowest BCUT2D eigenvalue weighted by molar-refractivity contribution is -0.160. The first-order valence-electron chi connectivity index (χ1n) is 4.18. The van der Waals surface area contributed by atoms with E-state index in [2.05, 4.69) is 6.58 Å². The van der Waals surface area contributed by atoms with Gasteiger partial charge in [-0.1, -0.05) is 6.58 Å². The van der Waals surface area contributed by atoms with E-state index in [-0.39, 0.29) is 6.35 Å². The minimum atomic E-state index is -0.404. The minimum Gasteiger partial charge on any atom is -0.419 e. The number of esters is 1. The molecule has 0 aromatic carbocycles. The van der Waals surface area contributed by atoms with Crippen LogP contribution in [0.5, 0.6) is 0 Å². The first kappa shape index (κ1) is 9.64. The first-order valence-corrected chi connectivity index (χ1v) is 4.18. The molecule has 13 heavy (non-hydrogen) atoms. The Balaban J connectivity index is 2.57. The molecule has 1 rings (SSSR count). The van der Waals surface area contributed by atoms with Crippen LogP contribution in [0.3, 0.4) is 0 Å². The van der Waals surface area contributed by atoms with Crippen LogP contribution in [0.2, 0.25) is 0 Å².